The van der Waals surface area contributed by atoms with E-state index in [9.17, 15) is 9.59 Å². The third kappa shape index (κ3) is 6.53. The van der Waals surface area contributed by atoms with Crippen LogP contribution in [0, 0.1) is 0 Å². The average Bonchev–Trinajstić information content (AvgIpc) is 2.98. The molecule has 0 saturated carbocycles. The van der Waals surface area contributed by atoms with Crippen molar-refractivity contribution in [3.63, 3.8) is 0 Å². The highest BCUT2D eigenvalue weighted by molar-refractivity contribution is 7.13. The van der Waals surface area contributed by atoms with Gasteiger partial charge in [0.15, 0.2) is 5.13 Å². The van der Waals surface area contributed by atoms with Gasteiger partial charge < -0.3 is 10.6 Å². The lowest BCUT2D eigenvalue weighted by atomic mass is 10.1. The molecular weight excluding hydrogens is 350 g/mol. The van der Waals surface area contributed by atoms with Crippen LogP contribution in [0.25, 0.3) is 0 Å². The first-order chi connectivity index (χ1) is 11.1. The third-order valence-corrected chi connectivity index (χ3v) is 3.92. The summed E-state index contributed by atoms with van der Waals surface area (Å²) in [5.74, 6) is 4.88. The Kier molecular flexibility index (Phi) is 8.17. The maximum Gasteiger partial charge on any atom is 0.329 e. The molecule has 130 valence electrons. The van der Waals surface area contributed by atoms with Gasteiger partial charge in [-0.25, -0.2) is 15.6 Å². The van der Waals surface area contributed by atoms with Crippen LogP contribution in [0.3, 0.4) is 0 Å². The molecule has 2 aromatic rings. The van der Waals surface area contributed by atoms with E-state index in [0.717, 1.165) is 24.1 Å². The number of aromatic nitrogens is 1. The molecule has 24 heavy (non-hydrogen) atoms. The minimum absolute atomic E-state index is 0. The van der Waals surface area contributed by atoms with Gasteiger partial charge in [0, 0.05) is 18.8 Å². The van der Waals surface area contributed by atoms with E-state index in [-0.39, 0.29) is 18.3 Å². The minimum atomic E-state index is -0.410. The summed E-state index contributed by atoms with van der Waals surface area (Å²) in [7, 11) is 0. The molecule has 9 heteroatoms. The number of benzene rings is 1. The van der Waals surface area contributed by atoms with E-state index >= 15 is 0 Å². The maximum absolute atomic E-state index is 11.0. The fourth-order valence-electron chi connectivity index (χ4n) is 1.96. The fourth-order valence-corrected chi connectivity index (χ4v) is 2.75. The number of anilines is 1. The second kappa shape index (κ2) is 9.86. The zero-order chi connectivity index (χ0) is 16.7. The van der Waals surface area contributed by atoms with Gasteiger partial charge in [-0.15, -0.1) is 23.7 Å². The van der Waals surface area contributed by atoms with Crippen molar-refractivity contribution in [2.45, 2.75) is 26.3 Å². The Bertz CT molecular complexity index is 675. The van der Waals surface area contributed by atoms with Crippen molar-refractivity contribution in [3.05, 3.63) is 46.5 Å². The van der Waals surface area contributed by atoms with Gasteiger partial charge in [0.25, 0.3) is 0 Å². The highest BCUT2D eigenvalue weighted by Gasteiger charge is 2.04. The molecule has 0 radical (unpaired) electrons. The van der Waals surface area contributed by atoms with Gasteiger partial charge in [0.05, 0.1) is 5.69 Å². The van der Waals surface area contributed by atoms with Crippen LogP contribution in [-0.4, -0.2) is 16.9 Å². The van der Waals surface area contributed by atoms with Crippen LogP contribution >= 0.6 is 23.7 Å². The van der Waals surface area contributed by atoms with Gasteiger partial charge in [0.2, 0.25) is 5.91 Å². The van der Waals surface area contributed by atoms with Crippen LogP contribution in [0.15, 0.2) is 29.6 Å². The first kappa shape index (κ1) is 19.9. The lowest BCUT2D eigenvalue weighted by Crippen LogP contribution is -2.39. The number of hydrazine groups is 1. The van der Waals surface area contributed by atoms with E-state index in [0.29, 0.717) is 11.7 Å². The highest BCUT2D eigenvalue weighted by Crippen LogP contribution is 2.17. The van der Waals surface area contributed by atoms with Crippen LogP contribution in [0.1, 0.15) is 23.7 Å². The summed E-state index contributed by atoms with van der Waals surface area (Å²) in [5.41, 5.74) is 5.16. The molecule has 3 amide bonds. The van der Waals surface area contributed by atoms with Crippen molar-refractivity contribution in [2.24, 2.45) is 5.84 Å². The highest BCUT2D eigenvalue weighted by atomic mass is 35.5. The number of amides is 3. The molecule has 1 aromatic heterocycles. The molecule has 0 aliphatic carbocycles. The van der Waals surface area contributed by atoms with Crippen molar-refractivity contribution in [1.82, 2.24) is 15.7 Å². The summed E-state index contributed by atoms with van der Waals surface area (Å²) < 4.78 is 0. The normalized spacial score (nSPS) is 9.75. The molecule has 1 aromatic carbocycles. The molecule has 5 N–H and O–H groups in total. The Balaban J connectivity index is 0.00000288. The first-order valence-corrected chi connectivity index (χ1v) is 7.99. The second-order valence-electron chi connectivity index (χ2n) is 4.97. The molecule has 0 fully saturated rings. The summed E-state index contributed by atoms with van der Waals surface area (Å²) in [6.07, 6.45) is 1.67. The lowest BCUT2D eigenvalue weighted by Gasteiger charge is -2.05. The number of hydrogen-bond donors (Lipinski definition) is 4. The Morgan fingerprint density at radius 3 is 2.46 bits per heavy atom. The summed E-state index contributed by atoms with van der Waals surface area (Å²) in [5, 5.41) is 7.89. The Morgan fingerprint density at radius 1 is 1.17 bits per heavy atom. The Hall–Kier alpha value is -2.16. The molecule has 0 bridgehead atoms. The zero-order valence-corrected chi connectivity index (χ0v) is 14.8. The van der Waals surface area contributed by atoms with E-state index in [1.54, 1.807) is 0 Å². The van der Waals surface area contributed by atoms with E-state index in [2.05, 4.69) is 15.6 Å². The van der Waals surface area contributed by atoms with Gasteiger partial charge in [-0.1, -0.05) is 24.3 Å². The van der Waals surface area contributed by atoms with E-state index in [4.69, 9.17) is 5.84 Å². The minimum Gasteiger partial charge on any atom is -0.333 e. The molecule has 0 atom stereocenters. The standard InChI is InChI=1S/C15H19N5O2S.ClH/c1-10(21)18-15-19-13(9-23-15)7-6-11-2-4-12(5-3-11)8-17-14(22)20-16;/h2-5,9H,6-8,16H2,1H3,(H2,17,20,22)(H,18,19,21);1H. The van der Waals surface area contributed by atoms with Crippen molar-refractivity contribution < 1.29 is 9.59 Å². The zero-order valence-electron chi connectivity index (χ0n) is 13.2. The number of thiazole rings is 1. The largest absolute Gasteiger partial charge is 0.333 e. The summed E-state index contributed by atoms with van der Waals surface area (Å²) in [4.78, 5) is 26.3. The maximum atomic E-state index is 11.0. The lowest BCUT2D eigenvalue weighted by molar-refractivity contribution is -0.114. The predicted molar refractivity (Wildman–Crippen MR) is 97.1 cm³/mol. The topological polar surface area (TPSA) is 109 Å². The van der Waals surface area contributed by atoms with E-state index in [1.165, 1.54) is 23.8 Å². The number of urea groups is 1. The number of carbonyl (C=O) groups is 2. The number of aryl methyl sites for hydroxylation is 2. The number of nitrogens with zero attached hydrogens (tertiary/aromatic N) is 1. The van der Waals surface area contributed by atoms with E-state index < -0.39 is 6.03 Å². The SMILES string of the molecule is CC(=O)Nc1nc(CCc2ccc(CNC(=O)NN)cc2)cs1.Cl. The van der Waals surface area contributed by atoms with Crippen LogP contribution in [0.5, 0.6) is 0 Å². The smallest absolute Gasteiger partial charge is 0.329 e. The summed E-state index contributed by atoms with van der Waals surface area (Å²) >= 11 is 1.43. The number of carbonyl (C=O) groups excluding carboxylic acids is 2. The summed E-state index contributed by atoms with van der Waals surface area (Å²) in [6.45, 7) is 1.89. The first-order valence-electron chi connectivity index (χ1n) is 7.11. The van der Waals surface area contributed by atoms with Gasteiger partial charge in [-0.2, -0.15) is 0 Å². The Labute approximate surface area is 150 Å². The number of hydrogen-bond acceptors (Lipinski definition) is 5. The molecule has 0 aliphatic rings. The van der Waals surface area contributed by atoms with Crippen LogP contribution in [0.4, 0.5) is 9.93 Å². The molecule has 0 saturated heterocycles. The van der Waals surface area contributed by atoms with Gasteiger partial charge in [-0.05, 0) is 24.0 Å². The predicted octanol–water partition coefficient (Wildman–Crippen LogP) is 1.98. The van der Waals surface area contributed by atoms with Crippen molar-refractivity contribution >= 4 is 40.8 Å². The van der Waals surface area contributed by atoms with Gasteiger partial charge in [0.1, 0.15) is 0 Å². The van der Waals surface area contributed by atoms with E-state index in [1.807, 2.05) is 35.1 Å². The van der Waals surface area contributed by atoms with Crippen molar-refractivity contribution in [1.29, 1.82) is 0 Å². The van der Waals surface area contributed by atoms with Crippen LogP contribution in [0.2, 0.25) is 0 Å². The molecule has 0 aliphatic heterocycles. The van der Waals surface area contributed by atoms with Crippen molar-refractivity contribution in [2.75, 3.05) is 5.32 Å². The number of nitrogens with one attached hydrogen (secondary N) is 3. The van der Waals surface area contributed by atoms with Crippen LogP contribution < -0.4 is 21.9 Å². The molecule has 2 rings (SSSR count). The second-order valence-corrected chi connectivity index (χ2v) is 5.83. The summed E-state index contributed by atoms with van der Waals surface area (Å²) in [6, 6.07) is 7.58. The van der Waals surface area contributed by atoms with Crippen molar-refractivity contribution in [3.8, 4) is 0 Å². The third-order valence-electron chi connectivity index (χ3n) is 3.11. The number of halogens is 1. The Morgan fingerprint density at radius 2 is 1.83 bits per heavy atom. The number of rotatable bonds is 6. The molecule has 1 heterocycles. The van der Waals surface area contributed by atoms with Gasteiger partial charge >= 0.3 is 6.03 Å². The monoisotopic (exact) mass is 369 g/mol. The van der Waals surface area contributed by atoms with Gasteiger partial charge in [-0.3, -0.25) is 10.2 Å². The molecule has 0 unspecified atom stereocenters. The molecule has 7 nitrogen and oxygen atoms in total. The number of nitrogens with two attached hydrogens (primary N) is 1. The molecular formula is C15H20ClN5O2S. The molecule has 0 spiro atoms. The quantitative estimate of drug-likeness (QED) is 0.354. The fraction of sp³-hybridized carbons (Fsp3) is 0.267. The average molecular weight is 370 g/mol. The van der Waals surface area contributed by atoms with Crippen LogP contribution in [-0.2, 0) is 24.2 Å².